The summed E-state index contributed by atoms with van der Waals surface area (Å²) in [4.78, 5) is 15.8. The standard InChI is InChI=1S/C20H17ClFN5O/c1-28-20-14(5-16(22)11-27-20)9-24-18-3-2-12(7-23-18)4-13-8-25-19-17(13)6-15(21)10-26-19/h2-3,5-8,10-11H,4,9H2,1H3,(H,23,24)(H,25,26). The van der Waals surface area contributed by atoms with Crippen LogP contribution < -0.4 is 10.1 Å². The van der Waals surface area contributed by atoms with E-state index in [0.717, 1.165) is 28.4 Å². The minimum absolute atomic E-state index is 0.354. The molecule has 0 unspecified atom stereocenters. The Labute approximate surface area is 165 Å². The monoisotopic (exact) mass is 397 g/mol. The predicted octanol–water partition coefficient (Wildman–Crippen LogP) is 4.36. The number of nitrogens with zero attached hydrogens (tertiary/aromatic N) is 3. The van der Waals surface area contributed by atoms with Crippen LogP contribution in [-0.2, 0) is 13.0 Å². The Morgan fingerprint density at radius 3 is 2.79 bits per heavy atom. The van der Waals surface area contributed by atoms with Gasteiger partial charge in [-0.3, -0.25) is 0 Å². The Bertz CT molecular complexity index is 1110. The van der Waals surface area contributed by atoms with Crippen LogP contribution in [0, 0.1) is 5.82 Å². The quantitative estimate of drug-likeness (QED) is 0.505. The molecule has 28 heavy (non-hydrogen) atoms. The van der Waals surface area contributed by atoms with Gasteiger partial charge < -0.3 is 15.0 Å². The predicted molar refractivity (Wildman–Crippen MR) is 106 cm³/mol. The van der Waals surface area contributed by atoms with Crippen LogP contribution in [-0.4, -0.2) is 27.0 Å². The molecule has 4 heterocycles. The summed E-state index contributed by atoms with van der Waals surface area (Å²) in [5, 5.41) is 4.76. The fraction of sp³-hybridized carbons (Fsp3) is 0.150. The molecule has 2 N–H and O–H groups in total. The summed E-state index contributed by atoms with van der Waals surface area (Å²) in [5.41, 5.74) is 3.58. The number of hydrogen-bond donors (Lipinski definition) is 2. The van der Waals surface area contributed by atoms with E-state index in [1.165, 1.54) is 13.2 Å². The molecule has 0 bridgehead atoms. The first kappa shape index (κ1) is 18.2. The number of nitrogens with one attached hydrogen (secondary N) is 2. The highest BCUT2D eigenvalue weighted by Gasteiger charge is 2.08. The Balaban J connectivity index is 1.45. The van der Waals surface area contributed by atoms with Crippen molar-refractivity contribution in [3.63, 3.8) is 0 Å². The van der Waals surface area contributed by atoms with Gasteiger partial charge in [-0.1, -0.05) is 17.7 Å². The van der Waals surface area contributed by atoms with E-state index in [1.54, 1.807) is 12.4 Å². The Hall–Kier alpha value is -3.19. The van der Waals surface area contributed by atoms with E-state index in [0.29, 0.717) is 35.2 Å². The van der Waals surface area contributed by atoms with Gasteiger partial charge in [0.2, 0.25) is 5.88 Å². The van der Waals surface area contributed by atoms with Crippen LogP contribution in [0.15, 0.2) is 49.1 Å². The van der Waals surface area contributed by atoms with Crippen molar-refractivity contribution in [2.45, 2.75) is 13.0 Å². The lowest BCUT2D eigenvalue weighted by Crippen LogP contribution is -2.05. The molecule has 0 aliphatic rings. The minimum Gasteiger partial charge on any atom is -0.481 e. The van der Waals surface area contributed by atoms with E-state index in [1.807, 2.05) is 24.4 Å². The number of aromatic nitrogens is 4. The highest BCUT2D eigenvalue weighted by atomic mass is 35.5. The van der Waals surface area contributed by atoms with Gasteiger partial charge in [-0.05, 0) is 29.3 Å². The van der Waals surface area contributed by atoms with Crippen molar-refractivity contribution in [2.75, 3.05) is 12.4 Å². The maximum Gasteiger partial charge on any atom is 0.218 e. The normalized spacial score (nSPS) is 11.0. The summed E-state index contributed by atoms with van der Waals surface area (Å²) in [7, 11) is 1.50. The molecular formula is C20H17ClFN5O. The zero-order valence-electron chi connectivity index (χ0n) is 15.0. The number of pyridine rings is 3. The van der Waals surface area contributed by atoms with Crippen molar-refractivity contribution in [3.05, 3.63) is 76.6 Å². The molecule has 0 saturated carbocycles. The van der Waals surface area contributed by atoms with Crippen molar-refractivity contribution in [1.29, 1.82) is 0 Å². The fourth-order valence-electron chi connectivity index (χ4n) is 3.00. The molecule has 4 rings (SSSR count). The molecule has 4 aromatic rings. The number of rotatable bonds is 6. The van der Waals surface area contributed by atoms with Gasteiger partial charge in [0.05, 0.1) is 18.3 Å². The summed E-state index contributed by atoms with van der Waals surface area (Å²) < 4.78 is 18.6. The van der Waals surface area contributed by atoms with Gasteiger partial charge in [-0.25, -0.2) is 19.3 Å². The van der Waals surface area contributed by atoms with E-state index in [2.05, 4.69) is 25.3 Å². The van der Waals surface area contributed by atoms with Crippen LogP contribution in [0.25, 0.3) is 11.0 Å². The highest BCUT2D eigenvalue weighted by molar-refractivity contribution is 6.31. The third kappa shape index (κ3) is 3.89. The first-order chi connectivity index (χ1) is 13.6. The summed E-state index contributed by atoms with van der Waals surface area (Å²) in [6.07, 6.45) is 7.19. The van der Waals surface area contributed by atoms with Gasteiger partial charge in [0.25, 0.3) is 0 Å². The number of aromatic amines is 1. The van der Waals surface area contributed by atoms with Gasteiger partial charge in [0, 0.05) is 42.5 Å². The molecule has 8 heteroatoms. The van der Waals surface area contributed by atoms with Crippen LogP contribution in [0.1, 0.15) is 16.7 Å². The van der Waals surface area contributed by atoms with Gasteiger partial charge >= 0.3 is 0 Å². The molecule has 0 amide bonds. The number of H-pyrrole nitrogens is 1. The Kier molecular flexibility index (Phi) is 5.08. The zero-order valence-corrected chi connectivity index (χ0v) is 15.8. The lowest BCUT2D eigenvalue weighted by Gasteiger charge is -2.09. The third-order valence-corrected chi connectivity index (χ3v) is 4.55. The number of halogens is 2. The minimum atomic E-state index is -0.408. The molecule has 142 valence electrons. The second-order valence-corrected chi connectivity index (χ2v) is 6.70. The second-order valence-electron chi connectivity index (χ2n) is 6.27. The maximum absolute atomic E-state index is 13.4. The topological polar surface area (TPSA) is 75.7 Å². The average Bonchev–Trinajstić information content (AvgIpc) is 3.09. The van der Waals surface area contributed by atoms with Crippen LogP contribution >= 0.6 is 11.6 Å². The summed E-state index contributed by atoms with van der Waals surface area (Å²) in [5.74, 6) is 0.657. The first-order valence-corrected chi connectivity index (χ1v) is 8.99. The first-order valence-electron chi connectivity index (χ1n) is 8.61. The van der Waals surface area contributed by atoms with Gasteiger partial charge in [-0.15, -0.1) is 0 Å². The Morgan fingerprint density at radius 1 is 1.11 bits per heavy atom. The number of methoxy groups -OCH3 is 1. The molecule has 0 aliphatic carbocycles. The molecule has 0 aliphatic heterocycles. The molecule has 0 fully saturated rings. The van der Waals surface area contributed by atoms with Crippen molar-refractivity contribution in [3.8, 4) is 5.88 Å². The molecule has 4 aromatic heterocycles. The van der Waals surface area contributed by atoms with Crippen molar-refractivity contribution in [2.24, 2.45) is 0 Å². The molecular weight excluding hydrogens is 381 g/mol. The molecule has 0 spiro atoms. The SMILES string of the molecule is COc1ncc(F)cc1CNc1ccc(Cc2c[nH]c3ncc(Cl)cc23)cn1. The highest BCUT2D eigenvalue weighted by Crippen LogP contribution is 2.23. The average molecular weight is 398 g/mol. The van der Waals surface area contributed by atoms with Crippen molar-refractivity contribution >= 4 is 28.5 Å². The molecule has 6 nitrogen and oxygen atoms in total. The number of hydrogen-bond acceptors (Lipinski definition) is 5. The fourth-order valence-corrected chi connectivity index (χ4v) is 3.15. The summed E-state index contributed by atoms with van der Waals surface area (Å²) in [6, 6.07) is 7.17. The van der Waals surface area contributed by atoms with Crippen LogP contribution in [0.5, 0.6) is 5.88 Å². The molecule has 0 aromatic carbocycles. The van der Waals surface area contributed by atoms with Crippen molar-refractivity contribution < 1.29 is 9.13 Å². The third-order valence-electron chi connectivity index (χ3n) is 4.35. The number of ether oxygens (including phenoxy) is 1. The zero-order chi connectivity index (χ0) is 19.5. The van der Waals surface area contributed by atoms with E-state index < -0.39 is 5.82 Å². The van der Waals surface area contributed by atoms with Crippen LogP contribution in [0.3, 0.4) is 0 Å². The maximum atomic E-state index is 13.4. The van der Waals surface area contributed by atoms with Crippen LogP contribution in [0.2, 0.25) is 5.02 Å². The van der Waals surface area contributed by atoms with Gasteiger partial charge in [0.1, 0.15) is 17.3 Å². The van der Waals surface area contributed by atoms with E-state index in [-0.39, 0.29) is 0 Å². The Morgan fingerprint density at radius 2 is 2.00 bits per heavy atom. The smallest absolute Gasteiger partial charge is 0.218 e. The molecule has 0 atom stereocenters. The lowest BCUT2D eigenvalue weighted by molar-refractivity contribution is 0.391. The largest absolute Gasteiger partial charge is 0.481 e. The molecule has 0 saturated heterocycles. The lowest BCUT2D eigenvalue weighted by atomic mass is 10.1. The number of anilines is 1. The van der Waals surface area contributed by atoms with E-state index in [4.69, 9.17) is 16.3 Å². The summed E-state index contributed by atoms with van der Waals surface area (Å²) in [6.45, 7) is 0.354. The molecule has 0 radical (unpaired) electrons. The van der Waals surface area contributed by atoms with Crippen molar-refractivity contribution in [1.82, 2.24) is 19.9 Å². The summed E-state index contributed by atoms with van der Waals surface area (Å²) >= 11 is 6.05. The second kappa shape index (κ2) is 7.82. The van der Waals surface area contributed by atoms with Gasteiger partial charge in [0.15, 0.2) is 0 Å². The van der Waals surface area contributed by atoms with E-state index >= 15 is 0 Å². The van der Waals surface area contributed by atoms with Crippen LogP contribution in [0.4, 0.5) is 10.2 Å². The number of fused-ring (bicyclic) bond motifs is 1. The van der Waals surface area contributed by atoms with Gasteiger partial charge in [-0.2, -0.15) is 0 Å². The van der Waals surface area contributed by atoms with E-state index in [9.17, 15) is 4.39 Å².